The molecule has 0 atom stereocenters. The highest BCUT2D eigenvalue weighted by Gasteiger charge is 2.07. The quantitative estimate of drug-likeness (QED) is 0.231. The van der Waals surface area contributed by atoms with E-state index in [0.717, 1.165) is 11.1 Å². The van der Waals surface area contributed by atoms with Crippen LogP contribution in [0, 0.1) is 27.7 Å². The molecule has 0 unspecified atom stereocenters. The summed E-state index contributed by atoms with van der Waals surface area (Å²) in [7, 11) is 0. The zero-order chi connectivity index (χ0) is 28.8. The summed E-state index contributed by atoms with van der Waals surface area (Å²) in [4.78, 5) is 0. The predicted octanol–water partition coefficient (Wildman–Crippen LogP) is 11.8. The van der Waals surface area contributed by atoms with Gasteiger partial charge in [-0.3, -0.25) is 0 Å². The SMILES string of the molecule is C/C(=C(\C)c1ccccc1C)c1ccc(C)c(C)c1.C=Cc1ccc(C)c(/C=C/C(=C)C)c1/C=C\C.CC. The fourth-order valence-corrected chi connectivity index (χ4v) is 4.13. The summed E-state index contributed by atoms with van der Waals surface area (Å²) >= 11 is 0. The second-order valence-electron chi connectivity index (χ2n) is 9.55. The lowest BCUT2D eigenvalue weighted by Gasteiger charge is -2.12. The van der Waals surface area contributed by atoms with Crippen LogP contribution < -0.4 is 0 Å². The molecule has 0 nitrogen and oxygen atoms in total. The van der Waals surface area contributed by atoms with E-state index in [1.165, 1.54) is 55.7 Å². The number of allylic oxidation sites excluding steroid dienone is 5. The Morgan fingerprint density at radius 3 is 1.87 bits per heavy atom. The molecule has 0 heterocycles. The lowest BCUT2D eigenvalue weighted by molar-refractivity contribution is 1.32. The van der Waals surface area contributed by atoms with Crippen molar-refractivity contribution in [3.05, 3.63) is 136 Å². The molecule has 3 rings (SSSR count). The van der Waals surface area contributed by atoms with Crippen LogP contribution >= 0.6 is 0 Å². The first-order chi connectivity index (χ1) is 18.1. The van der Waals surface area contributed by atoms with Gasteiger partial charge in [0.2, 0.25) is 0 Å². The molecule has 0 bridgehead atoms. The van der Waals surface area contributed by atoms with Crippen LogP contribution in [0.4, 0.5) is 0 Å². The van der Waals surface area contributed by atoms with Gasteiger partial charge < -0.3 is 0 Å². The van der Waals surface area contributed by atoms with Crippen LogP contribution in [0.3, 0.4) is 0 Å². The second kappa shape index (κ2) is 16.3. The van der Waals surface area contributed by atoms with Crippen LogP contribution in [0.15, 0.2) is 85.5 Å². The molecule has 0 aromatic heterocycles. The highest BCUT2D eigenvalue weighted by atomic mass is 14.1. The first kappa shape index (κ1) is 32.4. The monoisotopic (exact) mass is 504 g/mol. The fourth-order valence-electron chi connectivity index (χ4n) is 4.13. The summed E-state index contributed by atoms with van der Waals surface area (Å²) < 4.78 is 0. The smallest absolute Gasteiger partial charge is 0.0112 e. The van der Waals surface area contributed by atoms with Crippen molar-refractivity contribution >= 4 is 29.4 Å². The topological polar surface area (TPSA) is 0 Å². The van der Waals surface area contributed by atoms with Crippen molar-refractivity contribution in [2.75, 3.05) is 0 Å². The van der Waals surface area contributed by atoms with E-state index in [4.69, 9.17) is 0 Å². The van der Waals surface area contributed by atoms with Crippen molar-refractivity contribution in [3.8, 4) is 0 Å². The summed E-state index contributed by atoms with van der Waals surface area (Å²) in [5.74, 6) is 0. The van der Waals surface area contributed by atoms with Gasteiger partial charge in [-0.2, -0.15) is 0 Å². The Balaban J connectivity index is 0.000000359. The van der Waals surface area contributed by atoms with Crippen LogP contribution in [0.2, 0.25) is 0 Å². The van der Waals surface area contributed by atoms with Gasteiger partial charge in [0.15, 0.2) is 0 Å². The summed E-state index contributed by atoms with van der Waals surface area (Å²) in [5, 5.41) is 0. The molecule has 0 radical (unpaired) electrons. The number of benzene rings is 3. The van der Waals surface area contributed by atoms with Crippen LogP contribution in [0.5, 0.6) is 0 Å². The van der Waals surface area contributed by atoms with Gasteiger partial charge in [-0.25, -0.2) is 0 Å². The fraction of sp³-hybridized carbons (Fsp3) is 0.263. The molecule has 0 amide bonds. The first-order valence-corrected chi connectivity index (χ1v) is 13.6. The maximum Gasteiger partial charge on any atom is -0.0112 e. The molecule has 3 aromatic carbocycles. The van der Waals surface area contributed by atoms with Gasteiger partial charge in [0.05, 0.1) is 0 Å². The van der Waals surface area contributed by atoms with Crippen molar-refractivity contribution in [1.82, 2.24) is 0 Å². The molecular weight excluding hydrogens is 456 g/mol. The van der Waals surface area contributed by atoms with Crippen LogP contribution in [-0.2, 0) is 0 Å². The lowest BCUT2D eigenvalue weighted by Crippen LogP contribution is -1.91. The maximum absolute atomic E-state index is 3.89. The molecule has 200 valence electrons. The third kappa shape index (κ3) is 9.03. The number of rotatable bonds is 6. The van der Waals surface area contributed by atoms with Gasteiger partial charge in [0, 0.05) is 0 Å². The van der Waals surface area contributed by atoms with Crippen molar-refractivity contribution in [3.63, 3.8) is 0 Å². The molecule has 3 aromatic rings. The largest absolute Gasteiger partial charge is 0.0984 e. The number of hydrogen-bond donors (Lipinski definition) is 0. The highest BCUT2D eigenvalue weighted by molar-refractivity contribution is 5.89. The minimum Gasteiger partial charge on any atom is -0.0984 e. The zero-order valence-electron chi connectivity index (χ0n) is 25.5. The minimum atomic E-state index is 1.06. The lowest BCUT2D eigenvalue weighted by atomic mass is 9.93. The predicted molar refractivity (Wildman–Crippen MR) is 176 cm³/mol. The van der Waals surface area contributed by atoms with Gasteiger partial charge in [0.1, 0.15) is 0 Å². The van der Waals surface area contributed by atoms with Crippen molar-refractivity contribution < 1.29 is 0 Å². The van der Waals surface area contributed by atoms with E-state index in [9.17, 15) is 0 Å². The Kier molecular flexibility index (Phi) is 13.9. The maximum atomic E-state index is 3.89. The first-order valence-electron chi connectivity index (χ1n) is 13.6. The third-order valence-electron chi connectivity index (χ3n) is 6.68. The summed E-state index contributed by atoms with van der Waals surface area (Å²) in [6.07, 6.45) is 10.2. The molecular formula is C38H48. The number of hydrogen-bond acceptors (Lipinski definition) is 0. The van der Waals surface area contributed by atoms with Crippen molar-refractivity contribution in [2.24, 2.45) is 0 Å². The van der Waals surface area contributed by atoms with Crippen LogP contribution in [0.1, 0.15) is 91.6 Å². The van der Waals surface area contributed by atoms with E-state index in [0.29, 0.717) is 0 Å². The van der Waals surface area contributed by atoms with E-state index in [2.05, 4.69) is 128 Å². The highest BCUT2D eigenvalue weighted by Crippen LogP contribution is 2.28. The molecule has 0 spiro atoms. The Morgan fingerprint density at radius 1 is 0.684 bits per heavy atom. The molecule has 0 heteroatoms. The molecule has 0 aliphatic carbocycles. The van der Waals surface area contributed by atoms with E-state index in [1.807, 2.05) is 39.8 Å². The van der Waals surface area contributed by atoms with Gasteiger partial charge >= 0.3 is 0 Å². The Hall–Kier alpha value is -3.64. The van der Waals surface area contributed by atoms with Crippen molar-refractivity contribution in [1.29, 1.82) is 0 Å². The Morgan fingerprint density at radius 2 is 1.32 bits per heavy atom. The van der Waals surface area contributed by atoms with E-state index in [1.54, 1.807) is 0 Å². The van der Waals surface area contributed by atoms with Crippen LogP contribution in [-0.4, -0.2) is 0 Å². The molecule has 0 aliphatic heterocycles. The molecule has 0 saturated heterocycles. The van der Waals surface area contributed by atoms with E-state index >= 15 is 0 Å². The van der Waals surface area contributed by atoms with E-state index < -0.39 is 0 Å². The van der Waals surface area contributed by atoms with E-state index in [-0.39, 0.29) is 0 Å². The summed E-state index contributed by atoms with van der Waals surface area (Å²) in [6, 6.07) is 19.5. The van der Waals surface area contributed by atoms with Gasteiger partial charge in [-0.1, -0.05) is 118 Å². The van der Waals surface area contributed by atoms with Gasteiger partial charge in [-0.05, 0) is 117 Å². The molecule has 0 fully saturated rings. The summed E-state index contributed by atoms with van der Waals surface area (Å²) in [5.41, 5.74) is 15.4. The average Bonchev–Trinajstić information content (AvgIpc) is 2.91. The third-order valence-corrected chi connectivity index (χ3v) is 6.68. The standard InChI is InChI=1S/C19H22.C17H20.C2H6/c1-13-10-11-18(12-15(13)3)16(4)17(5)19-9-7-6-8-14(19)2;1-6-8-17-15(7-2)11-10-14(5)16(17)12-9-13(3)4;1-2/h6-12H,1-5H3;6-12H,2-3H2,1,4-5H3;1-2H3/b17-16-;8-6-,12-9+;. The molecule has 0 aliphatic rings. The Bertz CT molecular complexity index is 1320. The van der Waals surface area contributed by atoms with Gasteiger partial charge in [-0.15, -0.1) is 0 Å². The summed E-state index contributed by atoms with van der Waals surface area (Å²) in [6.45, 7) is 28.8. The Labute approximate surface area is 233 Å². The molecule has 0 saturated carbocycles. The average molecular weight is 505 g/mol. The zero-order valence-corrected chi connectivity index (χ0v) is 25.5. The van der Waals surface area contributed by atoms with Crippen LogP contribution in [0.25, 0.3) is 29.4 Å². The minimum absolute atomic E-state index is 1.06. The normalized spacial score (nSPS) is 11.3. The molecule has 38 heavy (non-hydrogen) atoms. The second-order valence-corrected chi connectivity index (χ2v) is 9.55. The number of aryl methyl sites for hydroxylation is 4. The molecule has 0 N–H and O–H groups in total. The van der Waals surface area contributed by atoms with Gasteiger partial charge in [0.25, 0.3) is 0 Å². The van der Waals surface area contributed by atoms with Crippen molar-refractivity contribution in [2.45, 2.75) is 69.2 Å².